The predicted octanol–water partition coefficient (Wildman–Crippen LogP) is 3.50. The Morgan fingerprint density at radius 2 is 2.15 bits per heavy atom. The van der Waals surface area contributed by atoms with Gasteiger partial charge in [0.05, 0.1) is 6.10 Å². The van der Waals surface area contributed by atoms with E-state index in [1.165, 1.54) is 19.3 Å². The first-order valence-electron chi connectivity index (χ1n) is 4.72. The van der Waals surface area contributed by atoms with Crippen LogP contribution in [0.3, 0.4) is 0 Å². The van der Waals surface area contributed by atoms with Gasteiger partial charge in [-0.2, -0.15) is 0 Å². The quantitative estimate of drug-likeness (QED) is 0.388. The van der Waals surface area contributed by atoms with Crippen LogP contribution in [-0.2, 0) is 9.47 Å². The molecule has 0 aromatic rings. The van der Waals surface area contributed by atoms with Gasteiger partial charge < -0.3 is 9.47 Å². The molecule has 0 amide bonds. The van der Waals surface area contributed by atoms with Crippen molar-refractivity contribution in [2.24, 2.45) is 0 Å². The van der Waals surface area contributed by atoms with E-state index in [4.69, 9.17) is 9.47 Å². The van der Waals surface area contributed by atoms with Crippen molar-refractivity contribution in [3.05, 3.63) is 10.2 Å². The van der Waals surface area contributed by atoms with Gasteiger partial charge in [0.2, 0.25) is 0 Å². The molecule has 0 aliphatic carbocycles. The van der Waals surface area contributed by atoms with Crippen LogP contribution in [0, 0.1) is 0 Å². The second-order valence-electron chi connectivity index (χ2n) is 2.93. The Balaban J connectivity index is 3.54. The number of hydrogen-bond acceptors (Lipinski definition) is 2. The Labute approximate surface area is 94.8 Å². The summed E-state index contributed by atoms with van der Waals surface area (Å²) < 4.78 is 12.3. The molecule has 0 unspecified atom stereocenters. The molecule has 0 bridgehead atoms. The summed E-state index contributed by atoms with van der Waals surface area (Å²) in [5, 5.41) is 0. The fourth-order valence-corrected chi connectivity index (χ4v) is 1.53. The zero-order chi connectivity index (χ0) is 9.94. The first-order valence-corrected chi connectivity index (χ1v) is 5.97. The molecular formula is C10H19IO2. The van der Waals surface area contributed by atoms with Gasteiger partial charge in [-0.3, -0.25) is 0 Å². The third kappa shape index (κ3) is 8.71. The second-order valence-corrected chi connectivity index (χ2v) is 3.65. The molecule has 0 aliphatic heterocycles. The van der Waals surface area contributed by atoms with Crippen LogP contribution >= 0.6 is 22.6 Å². The average molecular weight is 298 g/mol. The van der Waals surface area contributed by atoms with Crippen molar-refractivity contribution in [3.8, 4) is 0 Å². The first kappa shape index (κ1) is 13.4. The number of hydrogen-bond donors (Lipinski definition) is 0. The number of unbranched alkanes of at least 4 members (excludes halogenated alkanes) is 2. The van der Waals surface area contributed by atoms with Crippen molar-refractivity contribution in [2.45, 2.75) is 38.7 Å². The summed E-state index contributed by atoms with van der Waals surface area (Å²) in [4.78, 5) is 0. The predicted molar refractivity (Wildman–Crippen MR) is 64.1 cm³/mol. The van der Waals surface area contributed by atoms with Gasteiger partial charge in [0, 0.05) is 7.11 Å². The van der Waals surface area contributed by atoms with Crippen LogP contribution in [0.1, 0.15) is 32.6 Å². The van der Waals surface area contributed by atoms with E-state index >= 15 is 0 Å². The lowest BCUT2D eigenvalue weighted by atomic mass is 10.1. The van der Waals surface area contributed by atoms with E-state index in [1.807, 2.05) is 4.08 Å². The maximum absolute atomic E-state index is 5.46. The van der Waals surface area contributed by atoms with E-state index in [0.717, 1.165) is 6.42 Å². The second kappa shape index (κ2) is 10.5. The maximum Gasteiger partial charge on any atom is 0.147 e. The minimum atomic E-state index is 0.225. The molecule has 3 heteroatoms. The molecule has 0 fully saturated rings. The van der Waals surface area contributed by atoms with Gasteiger partial charge in [-0.1, -0.05) is 48.8 Å². The van der Waals surface area contributed by atoms with Crippen LogP contribution in [0.25, 0.3) is 0 Å². The van der Waals surface area contributed by atoms with Gasteiger partial charge in [-0.15, -0.1) is 0 Å². The van der Waals surface area contributed by atoms with E-state index in [9.17, 15) is 0 Å². The lowest BCUT2D eigenvalue weighted by molar-refractivity contribution is -0.0579. The van der Waals surface area contributed by atoms with Crippen molar-refractivity contribution in [3.63, 3.8) is 0 Å². The molecule has 13 heavy (non-hydrogen) atoms. The summed E-state index contributed by atoms with van der Waals surface area (Å²) >= 11 is 2.21. The Kier molecular flexibility index (Phi) is 10.8. The van der Waals surface area contributed by atoms with Gasteiger partial charge in [0.25, 0.3) is 0 Å². The molecule has 0 aromatic heterocycles. The summed E-state index contributed by atoms with van der Waals surface area (Å²) in [6.07, 6.45) is 7.16. The summed E-state index contributed by atoms with van der Waals surface area (Å²) in [5.74, 6) is 0. The normalized spacial score (nSPS) is 13.8. The Morgan fingerprint density at radius 1 is 1.38 bits per heavy atom. The Bertz CT molecular complexity index is 126. The highest BCUT2D eigenvalue weighted by atomic mass is 127. The maximum atomic E-state index is 5.46. The summed E-state index contributed by atoms with van der Waals surface area (Å²) in [6, 6.07) is 0. The van der Waals surface area contributed by atoms with Gasteiger partial charge >= 0.3 is 0 Å². The SMILES string of the molecule is CCCCC[C@H](C=CI)OCOC. The monoisotopic (exact) mass is 298 g/mol. The molecule has 0 saturated heterocycles. The zero-order valence-corrected chi connectivity index (χ0v) is 10.6. The van der Waals surface area contributed by atoms with E-state index in [0.29, 0.717) is 6.79 Å². The highest BCUT2D eigenvalue weighted by molar-refractivity contribution is 14.1. The van der Waals surface area contributed by atoms with Crippen LogP contribution in [0.5, 0.6) is 0 Å². The van der Waals surface area contributed by atoms with E-state index in [1.54, 1.807) is 7.11 Å². The van der Waals surface area contributed by atoms with Crippen molar-refractivity contribution >= 4 is 22.6 Å². The highest BCUT2D eigenvalue weighted by Gasteiger charge is 2.03. The molecule has 0 spiro atoms. The lowest BCUT2D eigenvalue weighted by Gasteiger charge is -2.12. The Morgan fingerprint density at radius 3 is 2.69 bits per heavy atom. The minimum absolute atomic E-state index is 0.225. The fraction of sp³-hybridized carbons (Fsp3) is 0.800. The fourth-order valence-electron chi connectivity index (χ4n) is 1.07. The molecule has 1 atom stereocenters. The standard InChI is InChI=1S/C10H19IO2/c1-3-4-5-6-10(7-8-11)13-9-12-2/h7-8,10H,3-6,9H2,1-2H3/t10-/m1/s1. The molecular weight excluding hydrogens is 279 g/mol. The Hall–Kier alpha value is 0.390. The summed E-state index contributed by atoms with van der Waals surface area (Å²) in [6.45, 7) is 2.59. The van der Waals surface area contributed by atoms with Gasteiger partial charge in [0.15, 0.2) is 0 Å². The molecule has 2 nitrogen and oxygen atoms in total. The molecule has 0 heterocycles. The highest BCUT2D eigenvalue weighted by Crippen LogP contribution is 2.09. The van der Waals surface area contributed by atoms with Crippen LogP contribution in [0.2, 0.25) is 0 Å². The minimum Gasteiger partial charge on any atom is -0.359 e. The van der Waals surface area contributed by atoms with Crippen LogP contribution in [0.4, 0.5) is 0 Å². The molecule has 0 radical (unpaired) electrons. The van der Waals surface area contributed by atoms with Crippen LogP contribution in [0.15, 0.2) is 10.2 Å². The molecule has 0 N–H and O–H groups in total. The summed E-state index contributed by atoms with van der Waals surface area (Å²) in [7, 11) is 1.65. The van der Waals surface area contributed by atoms with Gasteiger partial charge in [-0.25, -0.2) is 0 Å². The number of ether oxygens (including phenoxy) is 2. The third-order valence-corrected chi connectivity index (χ3v) is 2.19. The zero-order valence-electron chi connectivity index (χ0n) is 8.46. The van der Waals surface area contributed by atoms with E-state index in [2.05, 4.69) is 35.6 Å². The van der Waals surface area contributed by atoms with E-state index < -0.39 is 0 Å². The summed E-state index contributed by atoms with van der Waals surface area (Å²) in [5.41, 5.74) is 0. The average Bonchev–Trinajstić information content (AvgIpc) is 2.14. The topological polar surface area (TPSA) is 18.5 Å². The van der Waals surface area contributed by atoms with Crippen molar-refractivity contribution in [1.82, 2.24) is 0 Å². The van der Waals surface area contributed by atoms with E-state index in [-0.39, 0.29) is 6.10 Å². The molecule has 0 aliphatic rings. The van der Waals surface area contributed by atoms with Gasteiger partial charge in [0.1, 0.15) is 6.79 Å². The van der Waals surface area contributed by atoms with Crippen molar-refractivity contribution in [2.75, 3.05) is 13.9 Å². The van der Waals surface area contributed by atoms with Crippen molar-refractivity contribution in [1.29, 1.82) is 0 Å². The van der Waals surface area contributed by atoms with Crippen LogP contribution < -0.4 is 0 Å². The molecule has 0 saturated carbocycles. The number of halogens is 1. The molecule has 0 rings (SSSR count). The van der Waals surface area contributed by atoms with Crippen molar-refractivity contribution < 1.29 is 9.47 Å². The number of methoxy groups -OCH3 is 1. The molecule has 0 aromatic carbocycles. The van der Waals surface area contributed by atoms with Gasteiger partial charge in [-0.05, 0) is 16.6 Å². The third-order valence-electron chi connectivity index (χ3n) is 1.78. The number of rotatable bonds is 8. The first-order chi connectivity index (χ1) is 6.35. The van der Waals surface area contributed by atoms with Crippen LogP contribution in [-0.4, -0.2) is 20.0 Å². The largest absolute Gasteiger partial charge is 0.359 e. The molecule has 78 valence electrons. The smallest absolute Gasteiger partial charge is 0.147 e. The lowest BCUT2D eigenvalue weighted by Crippen LogP contribution is -2.11.